The molecule has 2 rings (SSSR count). The first-order valence-corrected chi connectivity index (χ1v) is 7.02. The van der Waals surface area contributed by atoms with Gasteiger partial charge in [0.15, 0.2) is 0 Å². The van der Waals surface area contributed by atoms with Gasteiger partial charge in [0.05, 0.1) is 0 Å². The van der Waals surface area contributed by atoms with E-state index in [9.17, 15) is 8.78 Å². The number of halogens is 2. The number of nitrogens with one attached hydrogen (secondary N) is 1. The predicted molar refractivity (Wildman–Crippen MR) is 75.0 cm³/mol. The van der Waals surface area contributed by atoms with E-state index in [0.29, 0.717) is 6.04 Å². The molecule has 1 unspecified atom stereocenters. The molecule has 0 amide bonds. The molecule has 1 atom stereocenters. The zero-order valence-corrected chi connectivity index (χ0v) is 12.0. The number of hydrogen-bond acceptors (Lipinski definition) is 3. The lowest BCUT2D eigenvalue weighted by atomic mass is 10.2. The van der Waals surface area contributed by atoms with Crippen LogP contribution in [0.25, 0.3) is 0 Å². The molecule has 0 spiro atoms. The van der Waals surface area contributed by atoms with Crippen LogP contribution in [0.3, 0.4) is 0 Å². The van der Waals surface area contributed by atoms with Gasteiger partial charge in [-0.25, -0.2) is 0 Å². The van der Waals surface area contributed by atoms with Crippen LogP contribution in [0.5, 0.6) is 5.75 Å². The first kappa shape index (κ1) is 15.2. The van der Waals surface area contributed by atoms with Crippen molar-refractivity contribution in [2.45, 2.75) is 45.0 Å². The first-order chi connectivity index (χ1) is 9.56. The molecule has 3 nitrogen and oxygen atoms in total. The van der Waals surface area contributed by atoms with E-state index in [-0.39, 0.29) is 5.75 Å². The average Bonchev–Trinajstić information content (AvgIpc) is 3.23. The third kappa shape index (κ3) is 4.72. The maximum atomic E-state index is 12.0. The van der Waals surface area contributed by atoms with Crippen molar-refractivity contribution in [2.75, 3.05) is 13.6 Å². The largest absolute Gasteiger partial charge is 0.435 e. The Morgan fingerprint density at radius 2 is 1.95 bits per heavy atom. The topological polar surface area (TPSA) is 24.5 Å². The molecule has 112 valence electrons. The Morgan fingerprint density at radius 1 is 1.30 bits per heavy atom. The molecule has 1 aliphatic carbocycles. The maximum absolute atomic E-state index is 12.0. The van der Waals surface area contributed by atoms with E-state index in [1.54, 1.807) is 24.3 Å². The monoisotopic (exact) mass is 284 g/mol. The molecule has 0 aromatic heterocycles. The minimum Gasteiger partial charge on any atom is -0.435 e. The lowest BCUT2D eigenvalue weighted by molar-refractivity contribution is -0.0498. The Labute approximate surface area is 118 Å². The molecule has 0 radical (unpaired) electrons. The van der Waals surface area contributed by atoms with E-state index in [1.165, 1.54) is 12.8 Å². The van der Waals surface area contributed by atoms with Gasteiger partial charge in [0.2, 0.25) is 0 Å². The Kier molecular flexibility index (Phi) is 5.31. The summed E-state index contributed by atoms with van der Waals surface area (Å²) in [6.07, 6.45) is 2.62. The molecule has 0 bridgehead atoms. The van der Waals surface area contributed by atoms with Crippen molar-refractivity contribution in [2.24, 2.45) is 0 Å². The van der Waals surface area contributed by atoms with Crippen LogP contribution in [0.1, 0.15) is 25.3 Å². The Balaban J connectivity index is 1.70. The highest BCUT2D eigenvalue weighted by Gasteiger charge is 2.28. The third-order valence-corrected chi connectivity index (χ3v) is 3.74. The SMILES string of the molecule is CC(CNCc1ccc(OC(F)F)cc1)N(C)C1CC1. The molecule has 20 heavy (non-hydrogen) atoms. The van der Waals surface area contributed by atoms with Crippen LogP contribution in [0, 0.1) is 0 Å². The van der Waals surface area contributed by atoms with E-state index in [4.69, 9.17) is 0 Å². The van der Waals surface area contributed by atoms with Crippen LogP contribution in [-0.4, -0.2) is 37.2 Å². The standard InChI is InChI=1S/C15H22F2N2O/c1-11(19(2)13-5-6-13)9-18-10-12-3-7-14(8-4-12)20-15(16)17/h3-4,7-8,11,13,15,18H,5-6,9-10H2,1-2H3. The van der Waals surface area contributed by atoms with Crippen molar-refractivity contribution in [1.82, 2.24) is 10.2 Å². The van der Waals surface area contributed by atoms with Gasteiger partial charge in [0.1, 0.15) is 5.75 Å². The van der Waals surface area contributed by atoms with Gasteiger partial charge in [-0.3, -0.25) is 4.90 Å². The quantitative estimate of drug-likeness (QED) is 0.794. The molecular weight excluding hydrogens is 262 g/mol. The van der Waals surface area contributed by atoms with Crippen LogP contribution in [0.2, 0.25) is 0 Å². The third-order valence-electron chi connectivity index (χ3n) is 3.74. The molecular formula is C15H22F2N2O. The lowest BCUT2D eigenvalue weighted by Gasteiger charge is -2.24. The summed E-state index contributed by atoms with van der Waals surface area (Å²) in [5.74, 6) is 0.200. The Morgan fingerprint density at radius 3 is 2.50 bits per heavy atom. The molecule has 0 heterocycles. The second-order valence-corrected chi connectivity index (χ2v) is 5.40. The fourth-order valence-corrected chi connectivity index (χ4v) is 2.20. The maximum Gasteiger partial charge on any atom is 0.387 e. The Hall–Kier alpha value is -1.20. The molecule has 5 heteroatoms. The molecule has 1 saturated carbocycles. The smallest absolute Gasteiger partial charge is 0.387 e. The van der Waals surface area contributed by atoms with Gasteiger partial charge in [-0.2, -0.15) is 8.78 Å². The molecule has 0 saturated heterocycles. The number of ether oxygens (including phenoxy) is 1. The number of benzene rings is 1. The van der Waals surface area contributed by atoms with Gasteiger partial charge >= 0.3 is 6.61 Å². The summed E-state index contributed by atoms with van der Waals surface area (Å²) in [5, 5.41) is 3.39. The Bertz CT molecular complexity index is 407. The zero-order valence-electron chi connectivity index (χ0n) is 12.0. The number of rotatable bonds is 8. The number of likely N-dealkylation sites (N-methyl/N-ethyl adjacent to an activating group) is 1. The zero-order chi connectivity index (χ0) is 14.5. The van der Waals surface area contributed by atoms with E-state index in [2.05, 4.69) is 28.9 Å². The van der Waals surface area contributed by atoms with Crippen LogP contribution >= 0.6 is 0 Å². The summed E-state index contributed by atoms with van der Waals surface area (Å²) in [5.41, 5.74) is 1.06. The van der Waals surface area contributed by atoms with Crippen molar-refractivity contribution >= 4 is 0 Å². The molecule has 1 fully saturated rings. The lowest BCUT2D eigenvalue weighted by Crippen LogP contribution is -2.38. The van der Waals surface area contributed by atoms with Gasteiger partial charge in [0.25, 0.3) is 0 Å². The van der Waals surface area contributed by atoms with Crippen molar-refractivity contribution in [3.63, 3.8) is 0 Å². The molecule has 1 aromatic carbocycles. The summed E-state index contributed by atoms with van der Waals surface area (Å²) in [4.78, 5) is 2.41. The van der Waals surface area contributed by atoms with Gasteiger partial charge < -0.3 is 10.1 Å². The first-order valence-electron chi connectivity index (χ1n) is 7.02. The summed E-state index contributed by atoms with van der Waals surface area (Å²) < 4.78 is 28.4. The summed E-state index contributed by atoms with van der Waals surface area (Å²) in [6, 6.07) is 8.02. The normalized spacial score (nSPS) is 16.7. The summed E-state index contributed by atoms with van der Waals surface area (Å²) in [6.45, 7) is 1.10. The van der Waals surface area contributed by atoms with Gasteiger partial charge in [0, 0.05) is 25.2 Å². The van der Waals surface area contributed by atoms with E-state index < -0.39 is 6.61 Å². The fraction of sp³-hybridized carbons (Fsp3) is 0.600. The molecule has 1 aromatic rings. The van der Waals surface area contributed by atoms with Crippen molar-refractivity contribution in [3.05, 3.63) is 29.8 Å². The highest BCUT2D eigenvalue weighted by molar-refractivity contribution is 5.27. The minimum absolute atomic E-state index is 0.200. The molecule has 1 aliphatic rings. The van der Waals surface area contributed by atoms with Crippen molar-refractivity contribution < 1.29 is 13.5 Å². The van der Waals surface area contributed by atoms with Crippen molar-refractivity contribution in [3.8, 4) is 5.75 Å². The van der Waals surface area contributed by atoms with Crippen LogP contribution < -0.4 is 10.1 Å². The molecule has 1 N–H and O–H groups in total. The van der Waals surface area contributed by atoms with Crippen LogP contribution in [0.15, 0.2) is 24.3 Å². The predicted octanol–water partition coefficient (Wildman–Crippen LogP) is 2.86. The van der Waals surface area contributed by atoms with Gasteiger partial charge in [-0.1, -0.05) is 12.1 Å². The van der Waals surface area contributed by atoms with Crippen LogP contribution in [0.4, 0.5) is 8.78 Å². The number of alkyl halides is 2. The highest BCUT2D eigenvalue weighted by atomic mass is 19.3. The summed E-state index contributed by atoms with van der Waals surface area (Å²) >= 11 is 0. The minimum atomic E-state index is -2.77. The highest BCUT2D eigenvalue weighted by Crippen LogP contribution is 2.26. The van der Waals surface area contributed by atoms with Crippen molar-refractivity contribution in [1.29, 1.82) is 0 Å². The average molecular weight is 284 g/mol. The van der Waals surface area contributed by atoms with Crippen LogP contribution in [-0.2, 0) is 6.54 Å². The van der Waals surface area contributed by atoms with E-state index >= 15 is 0 Å². The van der Waals surface area contributed by atoms with E-state index in [0.717, 1.165) is 24.7 Å². The number of nitrogens with zero attached hydrogens (tertiary/aromatic N) is 1. The molecule has 0 aliphatic heterocycles. The van der Waals surface area contributed by atoms with Gasteiger partial charge in [-0.15, -0.1) is 0 Å². The fourth-order valence-electron chi connectivity index (χ4n) is 2.20. The van der Waals surface area contributed by atoms with Gasteiger partial charge in [-0.05, 0) is 44.5 Å². The van der Waals surface area contributed by atoms with E-state index in [1.807, 2.05) is 0 Å². The summed E-state index contributed by atoms with van der Waals surface area (Å²) in [7, 11) is 2.17. The second kappa shape index (κ2) is 6.99. The second-order valence-electron chi connectivity index (χ2n) is 5.40. The number of hydrogen-bond donors (Lipinski definition) is 1.